The third kappa shape index (κ3) is 3.78. The number of halogens is 1. The first kappa shape index (κ1) is 11.7. The fourth-order valence-electron chi connectivity index (χ4n) is 1.23. The highest BCUT2D eigenvalue weighted by molar-refractivity contribution is 9.10. The van der Waals surface area contributed by atoms with Crippen LogP contribution in [0.4, 0.5) is 0 Å². The molecule has 0 aromatic heterocycles. The normalized spacial score (nSPS) is 12.8. The second-order valence-electron chi connectivity index (χ2n) is 3.33. The van der Waals surface area contributed by atoms with E-state index in [1.54, 1.807) is 7.11 Å². The van der Waals surface area contributed by atoms with E-state index >= 15 is 0 Å². The van der Waals surface area contributed by atoms with Gasteiger partial charge in [0, 0.05) is 24.2 Å². The van der Waals surface area contributed by atoms with Crippen LogP contribution < -0.4 is 5.32 Å². The van der Waals surface area contributed by atoms with Crippen LogP contribution in [-0.2, 0) is 11.3 Å². The van der Waals surface area contributed by atoms with Crippen molar-refractivity contribution in [2.24, 2.45) is 0 Å². The van der Waals surface area contributed by atoms with E-state index in [1.165, 1.54) is 5.56 Å². The van der Waals surface area contributed by atoms with Crippen LogP contribution in [-0.4, -0.2) is 19.8 Å². The summed E-state index contributed by atoms with van der Waals surface area (Å²) in [6.45, 7) is 3.72. The third-order valence-corrected chi connectivity index (χ3v) is 2.79. The summed E-state index contributed by atoms with van der Waals surface area (Å²) in [7, 11) is 1.72. The molecule has 3 heteroatoms. The molecule has 0 spiro atoms. The number of methoxy groups -OCH3 is 1. The van der Waals surface area contributed by atoms with Crippen LogP contribution in [0.15, 0.2) is 28.7 Å². The number of hydrogen-bond donors (Lipinski definition) is 1. The van der Waals surface area contributed by atoms with Crippen molar-refractivity contribution >= 4 is 15.9 Å². The van der Waals surface area contributed by atoms with E-state index < -0.39 is 0 Å². The van der Waals surface area contributed by atoms with Gasteiger partial charge in [0.2, 0.25) is 0 Å². The lowest BCUT2D eigenvalue weighted by Gasteiger charge is -2.13. The molecule has 0 aliphatic carbocycles. The second kappa shape index (κ2) is 6.17. The van der Waals surface area contributed by atoms with E-state index in [9.17, 15) is 0 Å². The molecule has 78 valence electrons. The molecule has 0 unspecified atom stereocenters. The van der Waals surface area contributed by atoms with Crippen molar-refractivity contribution in [3.8, 4) is 0 Å². The predicted octanol–water partition coefficient (Wildman–Crippen LogP) is 2.57. The molecule has 1 aromatic carbocycles. The lowest BCUT2D eigenvalue weighted by molar-refractivity contribution is 0.171. The lowest BCUT2D eigenvalue weighted by atomic mass is 10.2. The number of nitrogens with one attached hydrogen (secondary N) is 1. The van der Waals surface area contributed by atoms with Gasteiger partial charge in [0.15, 0.2) is 0 Å². The molecule has 0 fully saturated rings. The molecule has 2 nitrogen and oxygen atoms in total. The Morgan fingerprint density at radius 1 is 1.43 bits per heavy atom. The molecular weight excluding hydrogens is 242 g/mol. The molecule has 0 amide bonds. The van der Waals surface area contributed by atoms with E-state index in [0.29, 0.717) is 6.04 Å². The van der Waals surface area contributed by atoms with E-state index in [0.717, 1.165) is 17.6 Å². The fourth-order valence-corrected chi connectivity index (χ4v) is 1.66. The Bertz CT molecular complexity index is 278. The molecule has 14 heavy (non-hydrogen) atoms. The fraction of sp³-hybridized carbons (Fsp3) is 0.455. The number of ether oxygens (including phenoxy) is 1. The Labute approximate surface area is 93.8 Å². The summed E-state index contributed by atoms with van der Waals surface area (Å²) in [6, 6.07) is 8.61. The predicted molar refractivity (Wildman–Crippen MR) is 62.3 cm³/mol. The van der Waals surface area contributed by atoms with Gasteiger partial charge >= 0.3 is 0 Å². The quantitative estimate of drug-likeness (QED) is 0.876. The molecule has 0 saturated carbocycles. The summed E-state index contributed by atoms with van der Waals surface area (Å²) in [5.74, 6) is 0. The first-order valence-corrected chi connectivity index (χ1v) is 5.49. The van der Waals surface area contributed by atoms with Crippen molar-refractivity contribution in [3.63, 3.8) is 0 Å². The van der Waals surface area contributed by atoms with E-state index in [2.05, 4.69) is 40.3 Å². The summed E-state index contributed by atoms with van der Waals surface area (Å²) >= 11 is 3.51. The maximum absolute atomic E-state index is 5.05. The van der Waals surface area contributed by atoms with Crippen LogP contribution in [0, 0.1) is 0 Å². The SMILES string of the molecule is COC[C@@H](C)NCc1ccccc1Br. The van der Waals surface area contributed by atoms with Crippen molar-refractivity contribution in [2.75, 3.05) is 13.7 Å². The van der Waals surface area contributed by atoms with Gasteiger partial charge in [0.1, 0.15) is 0 Å². The summed E-state index contributed by atoms with van der Waals surface area (Å²) in [6.07, 6.45) is 0. The zero-order valence-corrected chi connectivity index (χ0v) is 10.2. The molecular formula is C11H16BrNO. The van der Waals surface area contributed by atoms with E-state index in [4.69, 9.17) is 4.74 Å². The van der Waals surface area contributed by atoms with Gasteiger partial charge in [-0.25, -0.2) is 0 Å². The monoisotopic (exact) mass is 257 g/mol. The zero-order valence-electron chi connectivity index (χ0n) is 8.59. The first-order chi connectivity index (χ1) is 6.74. The van der Waals surface area contributed by atoms with Gasteiger partial charge in [-0.3, -0.25) is 0 Å². The highest BCUT2D eigenvalue weighted by atomic mass is 79.9. The minimum Gasteiger partial charge on any atom is -0.383 e. The first-order valence-electron chi connectivity index (χ1n) is 4.69. The zero-order chi connectivity index (χ0) is 10.4. The van der Waals surface area contributed by atoms with Gasteiger partial charge in [0.05, 0.1) is 6.61 Å². The third-order valence-electron chi connectivity index (χ3n) is 2.02. The molecule has 0 aliphatic heterocycles. The molecule has 0 aliphatic rings. The van der Waals surface area contributed by atoms with Gasteiger partial charge in [0.25, 0.3) is 0 Å². The largest absolute Gasteiger partial charge is 0.383 e. The van der Waals surface area contributed by atoms with Gasteiger partial charge in [-0.2, -0.15) is 0 Å². The molecule has 1 atom stereocenters. The highest BCUT2D eigenvalue weighted by Crippen LogP contribution is 2.15. The molecule has 0 heterocycles. The van der Waals surface area contributed by atoms with Gasteiger partial charge in [-0.05, 0) is 18.6 Å². The molecule has 0 radical (unpaired) electrons. The van der Waals surface area contributed by atoms with Gasteiger partial charge < -0.3 is 10.1 Å². The maximum atomic E-state index is 5.05. The van der Waals surface area contributed by atoms with E-state index in [1.807, 2.05) is 12.1 Å². The summed E-state index contributed by atoms with van der Waals surface area (Å²) in [5, 5.41) is 3.39. The molecule has 1 aromatic rings. The number of hydrogen-bond acceptors (Lipinski definition) is 2. The number of rotatable bonds is 5. The van der Waals surface area contributed by atoms with Crippen LogP contribution in [0.5, 0.6) is 0 Å². The summed E-state index contributed by atoms with van der Waals surface area (Å²) in [4.78, 5) is 0. The van der Waals surface area contributed by atoms with Crippen LogP contribution in [0.1, 0.15) is 12.5 Å². The molecule has 1 rings (SSSR count). The van der Waals surface area contributed by atoms with Crippen molar-refractivity contribution in [1.29, 1.82) is 0 Å². The number of benzene rings is 1. The Balaban J connectivity index is 2.41. The highest BCUT2D eigenvalue weighted by Gasteiger charge is 2.02. The maximum Gasteiger partial charge on any atom is 0.0613 e. The van der Waals surface area contributed by atoms with Crippen LogP contribution >= 0.6 is 15.9 Å². The Kier molecular flexibility index (Phi) is 5.15. The molecule has 1 N–H and O–H groups in total. The van der Waals surface area contributed by atoms with Crippen molar-refractivity contribution in [1.82, 2.24) is 5.32 Å². The minimum absolute atomic E-state index is 0.382. The molecule has 0 bridgehead atoms. The Hall–Kier alpha value is -0.380. The van der Waals surface area contributed by atoms with Crippen LogP contribution in [0.2, 0.25) is 0 Å². The average Bonchev–Trinajstić information content (AvgIpc) is 2.17. The summed E-state index contributed by atoms with van der Waals surface area (Å²) < 4.78 is 6.20. The minimum atomic E-state index is 0.382. The summed E-state index contributed by atoms with van der Waals surface area (Å²) in [5.41, 5.74) is 1.27. The van der Waals surface area contributed by atoms with Gasteiger partial charge in [-0.15, -0.1) is 0 Å². The van der Waals surface area contributed by atoms with Crippen molar-refractivity contribution in [2.45, 2.75) is 19.5 Å². The van der Waals surface area contributed by atoms with Gasteiger partial charge in [-0.1, -0.05) is 34.1 Å². The van der Waals surface area contributed by atoms with Crippen molar-refractivity contribution < 1.29 is 4.74 Å². The standard InChI is InChI=1S/C11H16BrNO/c1-9(8-14-2)13-7-10-5-3-4-6-11(10)12/h3-6,9,13H,7-8H2,1-2H3/t9-/m1/s1. The average molecular weight is 258 g/mol. The topological polar surface area (TPSA) is 21.3 Å². The smallest absolute Gasteiger partial charge is 0.0613 e. The van der Waals surface area contributed by atoms with Crippen molar-refractivity contribution in [3.05, 3.63) is 34.3 Å². The van der Waals surface area contributed by atoms with Crippen LogP contribution in [0.3, 0.4) is 0 Å². The Morgan fingerprint density at radius 2 is 2.14 bits per heavy atom. The van der Waals surface area contributed by atoms with E-state index in [-0.39, 0.29) is 0 Å². The lowest BCUT2D eigenvalue weighted by Crippen LogP contribution is -2.29. The van der Waals surface area contributed by atoms with Crippen LogP contribution in [0.25, 0.3) is 0 Å². The second-order valence-corrected chi connectivity index (χ2v) is 4.18. The molecule has 0 saturated heterocycles. The Morgan fingerprint density at radius 3 is 2.79 bits per heavy atom.